The van der Waals surface area contributed by atoms with Gasteiger partial charge in [-0.2, -0.15) is 5.10 Å². The third-order valence-electron chi connectivity index (χ3n) is 7.85. The number of hydrogen-bond donors (Lipinski definition) is 0. The number of hydrogen-bond acceptors (Lipinski definition) is 8. The molecule has 2 bridgehead atoms. The van der Waals surface area contributed by atoms with Gasteiger partial charge in [-0.05, 0) is 57.4 Å². The SMILES string of the molecule is COc1ccc2cc1OCCCN(C(=O)c1c(C)noc1C)CCCCN(C(=O)c1cc(C(F)F)nn1C)CCn1ccnc1-2. The number of benzene rings is 1. The van der Waals surface area contributed by atoms with E-state index in [-0.39, 0.29) is 11.6 Å². The molecule has 0 fully saturated rings. The van der Waals surface area contributed by atoms with Crippen molar-refractivity contribution in [2.45, 2.75) is 46.1 Å². The second-order valence-corrected chi connectivity index (χ2v) is 10.9. The number of alkyl halides is 2. The molecule has 0 saturated carbocycles. The first kappa shape index (κ1) is 31.7. The van der Waals surface area contributed by atoms with Gasteiger partial charge in [0, 0.05) is 57.7 Å². The molecule has 4 heterocycles. The number of fused-ring (bicyclic) bond motifs is 4. The largest absolute Gasteiger partial charge is 0.493 e. The van der Waals surface area contributed by atoms with Gasteiger partial charge in [-0.1, -0.05) is 5.16 Å². The van der Waals surface area contributed by atoms with Gasteiger partial charge < -0.3 is 28.4 Å². The van der Waals surface area contributed by atoms with Crippen molar-refractivity contribution in [3.05, 3.63) is 65.1 Å². The zero-order valence-electron chi connectivity index (χ0n) is 25.8. The molecule has 1 aliphatic rings. The summed E-state index contributed by atoms with van der Waals surface area (Å²) >= 11 is 0. The lowest BCUT2D eigenvalue weighted by molar-refractivity contribution is 0.0707. The van der Waals surface area contributed by atoms with Crippen molar-refractivity contribution in [3.8, 4) is 22.9 Å². The van der Waals surface area contributed by atoms with E-state index < -0.39 is 18.0 Å². The number of carbonyl (C=O) groups is 2. The van der Waals surface area contributed by atoms with Crippen molar-refractivity contribution >= 4 is 11.8 Å². The van der Waals surface area contributed by atoms with Crippen LogP contribution in [0.25, 0.3) is 11.4 Å². The number of imidazole rings is 1. The maximum absolute atomic E-state index is 13.7. The third kappa shape index (κ3) is 6.99. The Morgan fingerprint density at radius 3 is 2.38 bits per heavy atom. The molecule has 1 aromatic carbocycles. The summed E-state index contributed by atoms with van der Waals surface area (Å²) in [5.41, 5.74) is 1.38. The van der Waals surface area contributed by atoms with E-state index in [2.05, 4.69) is 15.2 Å². The minimum Gasteiger partial charge on any atom is -0.493 e. The molecule has 12 nitrogen and oxygen atoms in total. The Morgan fingerprint density at radius 1 is 0.978 bits per heavy atom. The van der Waals surface area contributed by atoms with E-state index in [4.69, 9.17) is 14.0 Å². The number of aromatic nitrogens is 5. The van der Waals surface area contributed by atoms with Crippen LogP contribution in [0.4, 0.5) is 8.78 Å². The van der Waals surface area contributed by atoms with E-state index in [1.807, 2.05) is 29.0 Å². The molecule has 14 heteroatoms. The van der Waals surface area contributed by atoms with Gasteiger partial charge in [0.2, 0.25) is 0 Å². The molecule has 45 heavy (non-hydrogen) atoms. The quantitative estimate of drug-likeness (QED) is 0.321. The van der Waals surface area contributed by atoms with Crippen molar-refractivity contribution < 1.29 is 32.4 Å². The monoisotopic (exact) mass is 625 g/mol. The zero-order valence-corrected chi connectivity index (χ0v) is 25.8. The van der Waals surface area contributed by atoms with Crippen LogP contribution in [0.1, 0.15) is 63.7 Å². The fourth-order valence-electron chi connectivity index (χ4n) is 5.48. The van der Waals surface area contributed by atoms with Crippen LogP contribution in [0.2, 0.25) is 0 Å². The number of halogens is 2. The van der Waals surface area contributed by atoms with Crippen LogP contribution in [-0.2, 0) is 13.6 Å². The molecule has 0 N–H and O–H groups in total. The molecule has 5 rings (SSSR count). The number of nitrogens with zero attached hydrogens (tertiary/aromatic N) is 7. The van der Waals surface area contributed by atoms with E-state index in [1.54, 1.807) is 37.0 Å². The maximum Gasteiger partial charge on any atom is 0.282 e. The molecule has 3 aromatic heterocycles. The number of carbonyl (C=O) groups excluding carboxylic acids is 2. The number of rotatable bonds is 4. The van der Waals surface area contributed by atoms with Crippen LogP contribution >= 0.6 is 0 Å². The summed E-state index contributed by atoms with van der Waals surface area (Å²) in [6, 6.07) is 6.69. The summed E-state index contributed by atoms with van der Waals surface area (Å²) in [5.74, 6) is 1.65. The van der Waals surface area contributed by atoms with Gasteiger partial charge in [0.05, 0.1) is 19.4 Å². The first-order valence-electron chi connectivity index (χ1n) is 14.8. The Balaban J connectivity index is 1.45. The lowest BCUT2D eigenvalue weighted by Gasteiger charge is -2.25. The average molecular weight is 626 g/mol. The van der Waals surface area contributed by atoms with Crippen molar-refractivity contribution in [1.82, 2.24) is 34.3 Å². The van der Waals surface area contributed by atoms with Gasteiger partial charge in [0.15, 0.2) is 11.5 Å². The Bertz CT molecular complexity index is 1630. The van der Waals surface area contributed by atoms with Crippen LogP contribution in [0.3, 0.4) is 0 Å². The maximum atomic E-state index is 13.7. The van der Waals surface area contributed by atoms with Crippen molar-refractivity contribution in [1.29, 1.82) is 0 Å². The van der Waals surface area contributed by atoms with Gasteiger partial charge in [-0.15, -0.1) is 0 Å². The minimum absolute atomic E-state index is 0.0780. The van der Waals surface area contributed by atoms with Crippen molar-refractivity contribution in [2.24, 2.45) is 7.05 Å². The second-order valence-electron chi connectivity index (χ2n) is 10.9. The van der Waals surface area contributed by atoms with E-state index >= 15 is 0 Å². The molecule has 0 saturated heterocycles. The first-order valence-corrected chi connectivity index (χ1v) is 14.8. The minimum atomic E-state index is -2.79. The summed E-state index contributed by atoms with van der Waals surface area (Å²) in [5, 5.41) is 7.77. The second kappa shape index (κ2) is 13.9. The Morgan fingerprint density at radius 2 is 1.71 bits per heavy atom. The highest BCUT2D eigenvalue weighted by Gasteiger charge is 2.26. The van der Waals surface area contributed by atoms with E-state index in [0.29, 0.717) is 92.9 Å². The molecule has 2 amide bonds. The zero-order chi connectivity index (χ0) is 32.1. The molecular weight excluding hydrogens is 588 g/mol. The molecule has 240 valence electrons. The van der Waals surface area contributed by atoms with E-state index in [9.17, 15) is 18.4 Å². The summed E-state index contributed by atoms with van der Waals surface area (Å²) < 4.78 is 46.8. The molecule has 0 unspecified atom stereocenters. The summed E-state index contributed by atoms with van der Waals surface area (Å²) in [6.45, 7) is 5.67. The Kier molecular flexibility index (Phi) is 9.79. The topological polar surface area (TPSA) is 121 Å². The number of amides is 2. The Hall–Kier alpha value is -4.75. The predicted octanol–water partition coefficient (Wildman–Crippen LogP) is 4.68. The molecule has 0 aliphatic carbocycles. The lowest BCUT2D eigenvalue weighted by atomic mass is 10.1. The molecule has 4 aromatic rings. The normalized spacial score (nSPS) is 15.0. The number of ether oxygens (including phenoxy) is 2. The van der Waals surface area contributed by atoms with Crippen LogP contribution in [0.5, 0.6) is 11.5 Å². The van der Waals surface area contributed by atoms with Gasteiger partial charge in [0.25, 0.3) is 18.2 Å². The Labute approximate surface area is 259 Å². The van der Waals surface area contributed by atoms with Gasteiger partial charge in [0.1, 0.15) is 28.5 Å². The highest BCUT2D eigenvalue weighted by Crippen LogP contribution is 2.32. The fourth-order valence-corrected chi connectivity index (χ4v) is 5.48. The fraction of sp³-hybridized carbons (Fsp3) is 0.452. The van der Waals surface area contributed by atoms with Gasteiger partial charge >= 0.3 is 0 Å². The number of aryl methyl sites for hydroxylation is 3. The van der Waals surface area contributed by atoms with Crippen LogP contribution < -0.4 is 9.47 Å². The predicted molar refractivity (Wildman–Crippen MR) is 160 cm³/mol. The third-order valence-corrected chi connectivity index (χ3v) is 7.85. The standard InChI is InChI=1S/C31H37F2N7O5/c1-20-27(21(2)45-36-20)31(42)39-11-5-6-12-40(30(41)24-19-23(28(32)33)35-37(24)3)16-15-38-14-10-34-29(38)22-8-9-25(43-4)26(18-22)44-17-7-13-39/h8-10,14,18-19,28H,5-7,11-13,15-17H2,1-4H3. The van der Waals surface area contributed by atoms with Crippen LogP contribution in [0, 0.1) is 13.8 Å². The lowest BCUT2D eigenvalue weighted by Crippen LogP contribution is -2.37. The summed E-state index contributed by atoms with van der Waals surface area (Å²) in [4.78, 5) is 35.2. The van der Waals surface area contributed by atoms with Crippen molar-refractivity contribution in [3.63, 3.8) is 0 Å². The van der Waals surface area contributed by atoms with Gasteiger partial charge in [-0.25, -0.2) is 13.8 Å². The molecule has 1 aliphatic heterocycles. The summed E-state index contributed by atoms with van der Waals surface area (Å²) in [6.07, 6.45) is 2.44. The molecule has 0 atom stereocenters. The van der Waals surface area contributed by atoms with Crippen molar-refractivity contribution in [2.75, 3.05) is 39.9 Å². The van der Waals surface area contributed by atoms with E-state index in [1.165, 1.54) is 11.7 Å². The molecule has 0 radical (unpaired) electrons. The first-order chi connectivity index (χ1) is 21.7. The molecule has 0 spiro atoms. The van der Waals surface area contributed by atoms with Crippen LogP contribution in [-0.4, -0.2) is 86.0 Å². The molecular formula is C31H37F2N7O5. The highest BCUT2D eigenvalue weighted by atomic mass is 19.3. The smallest absolute Gasteiger partial charge is 0.282 e. The van der Waals surface area contributed by atoms with Gasteiger partial charge in [-0.3, -0.25) is 14.3 Å². The van der Waals surface area contributed by atoms with E-state index in [0.717, 1.165) is 11.6 Å². The average Bonchev–Trinajstić information content (AvgIpc) is 3.74. The highest BCUT2D eigenvalue weighted by molar-refractivity contribution is 5.96. The number of methoxy groups -OCH3 is 1. The summed E-state index contributed by atoms with van der Waals surface area (Å²) in [7, 11) is 3.05. The van der Waals surface area contributed by atoms with Crippen LogP contribution in [0.15, 0.2) is 41.2 Å².